The van der Waals surface area contributed by atoms with Crippen molar-refractivity contribution in [2.24, 2.45) is 0 Å². The van der Waals surface area contributed by atoms with Crippen LogP contribution in [0.1, 0.15) is 45.4 Å². The highest BCUT2D eigenvalue weighted by molar-refractivity contribution is 4.76. The molecular weight excluding hydrogens is 200 g/mol. The third-order valence-electron chi connectivity index (χ3n) is 3.67. The molecule has 0 aromatic heterocycles. The summed E-state index contributed by atoms with van der Waals surface area (Å²) in [7, 11) is 2.20. The molecule has 0 aromatic rings. The summed E-state index contributed by atoms with van der Waals surface area (Å²) in [5.41, 5.74) is 0. The highest BCUT2D eigenvalue weighted by Gasteiger charge is 2.19. The summed E-state index contributed by atoms with van der Waals surface area (Å²) in [6, 6.07) is 0.966. The number of aliphatic hydroxyl groups is 1. The fraction of sp³-hybridized carbons (Fsp3) is 1.00. The summed E-state index contributed by atoms with van der Waals surface area (Å²) in [5, 5.41) is 12.6. The maximum absolute atomic E-state index is 9.27. The fourth-order valence-corrected chi connectivity index (χ4v) is 2.67. The van der Waals surface area contributed by atoms with Crippen LogP contribution in [0.2, 0.25) is 0 Å². The Bertz CT molecular complexity index is 167. The molecule has 1 atom stereocenters. The van der Waals surface area contributed by atoms with Crippen LogP contribution in [0.5, 0.6) is 0 Å². The van der Waals surface area contributed by atoms with E-state index in [-0.39, 0.29) is 12.6 Å². The molecule has 1 aliphatic rings. The van der Waals surface area contributed by atoms with Crippen LogP contribution in [0.3, 0.4) is 0 Å². The Kier molecular flexibility index (Phi) is 7.01. The van der Waals surface area contributed by atoms with Gasteiger partial charge in [-0.25, -0.2) is 0 Å². The summed E-state index contributed by atoms with van der Waals surface area (Å²) in [6.45, 7) is 4.23. The molecule has 2 N–H and O–H groups in total. The Morgan fingerprint density at radius 1 is 1.25 bits per heavy atom. The van der Waals surface area contributed by atoms with E-state index in [9.17, 15) is 5.11 Å². The quantitative estimate of drug-likeness (QED) is 0.678. The average molecular weight is 228 g/mol. The lowest BCUT2D eigenvalue weighted by Gasteiger charge is -2.30. The van der Waals surface area contributed by atoms with Gasteiger partial charge in [-0.05, 0) is 26.4 Å². The lowest BCUT2D eigenvalue weighted by molar-refractivity contribution is 0.160. The van der Waals surface area contributed by atoms with Crippen LogP contribution in [0.25, 0.3) is 0 Å². The second kappa shape index (κ2) is 8.04. The largest absolute Gasteiger partial charge is 0.395 e. The van der Waals surface area contributed by atoms with Crippen molar-refractivity contribution in [1.29, 1.82) is 0 Å². The van der Waals surface area contributed by atoms with Crippen LogP contribution >= 0.6 is 0 Å². The lowest BCUT2D eigenvalue weighted by atomic mass is 10.1. The first-order valence-corrected chi connectivity index (χ1v) is 6.82. The van der Waals surface area contributed by atoms with Crippen LogP contribution in [0, 0.1) is 0 Å². The molecule has 0 aromatic carbocycles. The van der Waals surface area contributed by atoms with Gasteiger partial charge in [0.15, 0.2) is 0 Å². The van der Waals surface area contributed by atoms with E-state index in [1.165, 1.54) is 38.5 Å². The zero-order valence-electron chi connectivity index (χ0n) is 10.9. The van der Waals surface area contributed by atoms with E-state index in [0.29, 0.717) is 0 Å². The summed E-state index contributed by atoms with van der Waals surface area (Å²) in [5.74, 6) is 0. The van der Waals surface area contributed by atoms with Crippen molar-refractivity contribution in [3.05, 3.63) is 0 Å². The van der Waals surface area contributed by atoms with Crippen molar-refractivity contribution in [2.45, 2.75) is 57.5 Å². The number of nitrogens with one attached hydrogen (secondary N) is 1. The third-order valence-corrected chi connectivity index (χ3v) is 3.67. The van der Waals surface area contributed by atoms with Crippen molar-refractivity contribution in [2.75, 3.05) is 26.7 Å². The number of aliphatic hydroxyl groups excluding tert-OH is 1. The molecule has 0 spiro atoms. The van der Waals surface area contributed by atoms with E-state index in [4.69, 9.17) is 0 Å². The van der Waals surface area contributed by atoms with Crippen LogP contribution in [0.4, 0.5) is 0 Å². The van der Waals surface area contributed by atoms with Gasteiger partial charge in [0, 0.05) is 18.6 Å². The van der Waals surface area contributed by atoms with Gasteiger partial charge in [-0.2, -0.15) is 0 Å². The van der Waals surface area contributed by atoms with Crippen LogP contribution < -0.4 is 5.32 Å². The standard InChI is InChI=1S/C13H28N2O/c1-3-14-12(11-16)10-15(2)13-8-6-4-5-7-9-13/h12-14,16H,3-11H2,1-2H3. The maximum atomic E-state index is 9.27. The van der Waals surface area contributed by atoms with Crippen LogP contribution in [-0.2, 0) is 0 Å². The lowest BCUT2D eigenvalue weighted by Crippen LogP contribution is -2.45. The predicted octanol–water partition coefficient (Wildman–Crippen LogP) is 1.61. The normalized spacial score (nSPS) is 21.0. The summed E-state index contributed by atoms with van der Waals surface area (Å²) in [6.07, 6.45) is 8.23. The molecule has 0 amide bonds. The average Bonchev–Trinajstić information content (AvgIpc) is 2.56. The van der Waals surface area contributed by atoms with Gasteiger partial charge in [0.05, 0.1) is 6.61 Å². The van der Waals surface area contributed by atoms with Gasteiger partial charge in [-0.1, -0.05) is 32.6 Å². The van der Waals surface area contributed by atoms with E-state index < -0.39 is 0 Å². The van der Waals surface area contributed by atoms with Crippen molar-refractivity contribution in [3.8, 4) is 0 Å². The first-order chi connectivity index (χ1) is 7.77. The van der Waals surface area contributed by atoms with E-state index in [0.717, 1.165) is 19.1 Å². The second-order valence-electron chi connectivity index (χ2n) is 5.02. The molecule has 3 nitrogen and oxygen atoms in total. The van der Waals surface area contributed by atoms with Gasteiger partial charge in [-0.3, -0.25) is 0 Å². The second-order valence-corrected chi connectivity index (χ2v) is 5.02. The minimum absolute atomic E-state index is 0.234. The smallest absolute Gasteiger partial charge is 0.0597 e. The number of hydrogen-bond acceptors (Lipinski definition) is 3. The molecule has 1 rings (SSSR count). The Labute approximate surface area is 100 Å². The molecule has 1 saturated carbocycles. The van der Waals surface area contributed by atoms with Crippen molar-refractivity contribution in [3.63, 3.8) is 0 Å². The predicted molar refractivity (Wildman–Crippen MR) is 68.7 cm³/mol. The minimum Gasteiger partial charge on any atom is -0.395 e. The molecule has 1 unspecified atom stereocenters. The number of rotatable bonds is 6. The molecule has 1 fully saturated rings. The van der Waals surface area contributed by atoms with Gasteiger partial charge in [-0.15, -0.1) is 0 Å². The maximum Gasteiger partial charge on any atom is 0.0597 e. The van der Waals surface area contributed by atoms with Gasteiger partial charge < -0.3 is 15.3 Å². The number of likely N-dealkylation sites (N-methyl/N-ethyl adjacent to an activating group) is 2. The van der Waals surface area contributed by atoms with E-state index in [1.54, 1.807) is 0 Å². The van der Waals surface area contributed by atoms with Crippen molar-refractivity contribution in [1.82, 2.24) is 10.2 Å². The molecule has 16 heavy (non-hydrogen) atoms. The fourth-order valence-electron chi connectivity index (χ4n) is 2.67. The molecule has 96 valence electrons. The first kappa shape index (κ1) is 13.9. The summed E-state index contributed by atoms with van der Waals surface area (Å²) in [4.78, 5) is 2.44. The third kappa shape index (κ3) is 4.81. The summed E-state index contributed by atoms with van der Waals surface area (Å²) < 4.78 is 0. The van der Waals surface area contributed by atoms with Gasteiger partial charge in [0.1, 0.15) is 0 Å². The topological polar surface area (TPSA) is 35.5 Å². The van der Waals surface area contributed by atoms with Gasteiger partial charge >= 0.3 is 0 Å². The Balaban J connectivity index is 2.33. The highest BCUT2D eigenvalue weighted by atomic mass is 16.3. The Morgan fingerprint density at radius 2 is 1.88 bits per heavy atom. The van der Waals surface area contributed by atoms with Crippen molar-refractivity contribution >= 4 is 0 Å². The highest BCUT2D eigenvalue weighted by Crippen LogP contribution is 2.20. The molecule has 0 heterocycles. The van der Waals surface area contributed by atoms with Gasteiger partial charge in [0.25, 0.3) is 0 Å². The van der Waals surface area contributed by atoms with Crippen LogP contribution in [0.15, 0.2) is 0 Å². The summed E-state index contributed by atoms with van der Waals surface area (Å²) >= 11 is 0. The first-order valence-electron chi connectivity index (χ1n) is 6.82. The van der Waals surface area contributed by atoms with Crippen LogP contribution in [-0.4, -0.2) is 48.8 Å². The van der Waals surface area contributed by atoms with E-state index in [1.807, 2.05) is 0 Å². The minimum atomic E-state index is 0.234. The van der Waals surface area contributed by atoms with E-state index >= 15 is 0 Å². The molecule has 1 aliphatic carbocycles. The monoisotopic (exact) mass is 228 g/mol. The Hall–Kier alpha value is -0.120. The molecular formula is C13H28N2O. The number of hydrogen-bond donors (Lipinski definition) is 2. The molecule has 3 heteroatoms. The molecule has 0 bridgehead atoms. The molecule has 0 saturated heterocycles. The number of nitrogens with zero attached hydrogens (tertiary/aromatic N) is 1. The molecule has 0 radical (unpaired) electrons. The van der Waals surface area contributed by atoms with E-state index in [2.05, 4.69) is 24.2 Å². The van der Waals surface area contributed by atoms with Gasteiger partial charge in [0.2, 0.25) is 0 Å². The zero-order chi connectivity index (χ0) is 11.8. The SMILES string of the molecule is CCNC(CO)CN(C)C1CCCCCC1. The van der Waals surface area contributed by atoms with Crippen molar-refractivity contribution < 1.29 is 5.11 Å². The zero-order valence-corrected chi connectivity index (χ0v) is 10.9. The Morgan fingerprint density at radius 3 is 2.38 bits per heavy atom. The molecule has 0 aliphatic heterocycles.